The Hall–Kier alpha value is -2.25. The molecule has 454 valence electrons. The van der Waals surface area contributed by atoms with Crippen LogP contribution in [0.5, 0.6) is 0 Å². The Balaban J connectivity index is 1.50. The number of allylic oxidation sites excluding steroid dienone is 7. The molecule has 0 radical (unpaired) electrons. The highest BCUT2D eigenvalue weighted by molar-refractivity contribution is 5.76. The lowest BCUT2D eigenvalue weighted by atomic mass is 9.96. The summed E-state index contributed by atoms with van der Waals surface area (Å²) in [7, 11) is 0. The van der Waals surface area contributed by atoms with Crippen LogP contribution < -0.4 is 5.32 Å². The predicted molar refractivity (Wildman–Crippen MR) is 295 cm³/mol. The van der Waals surface area contributed by atoms with Crippen molar-refractivity contribution >= 4 is 5.91 Å². The van der Waals surface area contributed by atoms with Crippen LogP contribution in [0.4, 0.5) is 0 Å². The van der Waals surface area contributed by atoms with Gasteiger partial charge in [0.2, 0.25) is 5.91 Å². The molecule has 17 atom stereocenters. The van der Waals surface area contributed by atoms with Gasteiger partial charge in [-0.3, -0.25) is 4.79 Å². The SMILES string of the molecule is CCC/C=C\CCCCCCCC(=O)NC(COC1OC(CO)C(OC2OC(CO)C(OC3OC(CO)C(O)C(O)C3O)C(O)C2O)C(O)C1O)C(O)/C=C/CC/C=C/CC/C=C/CCCCCCCCCCCCCCC. The van der Waals surface area contributed by atoms with Gasteiger partial charge in [0.05, 0.1) is 38.6 Å². The molecule has 3 aliphatic heterocycles. The van der Waals surface area contributed by atoms with E-state index in [2.05, 4.69) is 55.6 Å². The number of aliphatic hydroxyl groups excluding tert-OH is 11. The molecule has 0 saturated carbocycles. The van der Waals surface area contributed by atoms with Gasteiger partial charge in [0.1, 0.15) is 73.2 Å². The largest absolute Gasteiger partial charge is 0.394 e. The molecule has 3 saturated heterocycles. The van der Waals surface area contributed by atoms with Crippen LogP contribution in [-0.2, 0) is 33.2 Å². The minimum Gasteiger partial charge on any atom is -0.394 e. The standard InChI is InChI=1S/C59H105NO18/c1-3-5-7-9-11-13-15-16-17-18-19-20-21-22-23-24-25-26-27-28-30-32-34-36-43(64)42(60-47(65)37-35-33-31-29-14-12-10-8-6-4-2)41-73-57-53(71)50(68)55(45(39-62)75-57)78-59-54(72)51(69)56(46(40-63)76-59)77-58-52(70)49(67)48(66)44(38-61)74-58/h8,10,23-24,27-28,34,36,42-46,48-59,61-64,66-72H,3-7,9,11-22,25-26,29-33,35,37-41H2,1-2H3,(H,60,65)/b10-8-,24-23+,28-27+,36-34+. The zero-order valence-corrected chi connectivity index (χ0v) is 47.1. The predicted octanol–water partition coefficient (Wildman–Crippen LogP) is 5.09. The highest BCUT2D eigenvalue weighted by atomic mass is 16.8. The van der Waals surface area contributed by atoms with E-state index in [1.807, 2.05) is 6.08 Å². The second-order valence-electron chi connectivity index (χ2n) is 21.4. The van der Waals surface area contributed by atoms with Gasteiger partial charge in [-0.25, -0.2) is 0 Å². The van der Waals surface area contributed by atoms with Crippen LogP contribution in [0.1, 0.15) is 187 Å². The molecule has 0 spiro atoms. The van der Waals surface area contributed by atoms with Crippen molar-refractivity contribution in [2.75, 3.05) is 26.4 Å². The van der Waals surface area contributed by atoms with Crippen LogP contribution in [0.15, 0.2) is 48.6 Å². The van der Waals surface area contributed by atoms with E-state index in [1.165, 1.54) is 83.5 Å². The topological polar surface area (TPSA) is 307 Å². The molecule has 12 N–H and O–H groups in total. The average molecular weight is 1120 g/mol. The van der Waals surface area contributed by atoms with E-state index >= 15 is 0 Å². The molecule has 3 rings (SSSR count). The van der Waals surface area contributed by atoms with E-state index < -0.39 is 124 Å². The molecule has 0 aromatic rings. The number of nitrogens with one attached hydrogen (secondary N) is 1. The first kappa shape index (κ1) is 70.0. The summed E-state index contributed by atoms with van der Waals surface area (Å²) in [5, 5.41) is 120. The molecular formula is C59H105NO18. The fourth-order valence-corrected chi connectivity index (χ4v) is 9.87. The number of hydrogen-bond acceptors (Lipinski definition) is 18. The molecule has 0 bridgehead atoms. The van der Waals surface area contributed by atoms with E-state index in [0.29, 0.717) is 12.8 Å². The highest BCUT2D eigenvalue weighted by Crippen LogP contribution is 2.33. The van der Waals surface area contributed by atoms with Crippen molar-refractivity contribution in [3.8, 4) is 0 Å². The molecule has 0 aliphatic carbocycles. The Morgan fingerprint density at radius 3 is 1.33 bits per heavy atom. The Labute approximate surface area is 465 Å². The third-order valence-electron chi connectivity index (χ3n) is 14.8. The molecule has 3 fully saturated rings. The van der Waals surface area contributed by atoms with Crippen LogP contribution >= 0.6 is 0 Å². The number of aliphatic hydroxyl groups is 11. The highest BCUT2D eigenvalue weighted by Gasteiger charge is 2.53. The Bertz CT molecular complexity index is 1620. The fraction of sp³-hybridized carbons (Fsp3) is 0.847. The van der Waals surface area contributed by atoms with Crippen LogP contribution in [0, 0.1) is 0 Å². The molecule has 1 amide bonds. The lowest BCUT2D eigenvalue weighted by Gasteiger charge is -2.48. The maximum absolute atomic E-state index is 13.2. The van der Waals surface area contributed by atoms with Crippen molar-refractivity contribution in [1.29, 1.82) is 0 Å². The second kappa shape index (κ2) is 42.6. The number of carbonyl (C=O) groups is 1. The quantitative estimate of drug-likeness (QED) is 0.0279. The van der Waals surface area contributed by atoms with Gasteiger partial charge in [0.25, 0.3) is 0 Å². The van der Waals surface area contributed by atoms with Crippen LogP contribution in [0.2, 0.25) is 0 Å². The van der Waals surface area contributed by atoms with E-state index in [9.17, 15) is 61.0 Å². The smallest absolute Gasteiger partial charge is 0.220 e. The number of amides is 1. The van der Waals surface area contributed by atoms with Crippen LogP contribution in [0.25, 0.3) is 0 Å². The van der Waals surface area contributed by atoms with E-state index in [1.54, 1.807) is 6.08 Å². The number of carbonyl (C=O) groups excluding carboxylic acids is 1. The molecule has 3 aliphatic rings. The first-order chi connectivity index (χ1) is 37.8. The summed E-state index contributed by atoms with van der Waals surface area (Å²) in [5.74, 6) is -0.304. The lowest BCUT2D eigenvalue weighted by Crippen LogP contribution is -2.66. The van der Waals surface area contributed by atoms with Crippen molar-refractivity contribution in [3.63, 3.8) is 0 Å². The fourth-order valence-electron chi connectivity index (χ4n) is 9.87. The van der Waals surface area contributed by atoms with Crippen LogP contribution in [0.3, 0.4) is 0 Å². The average Bonchev–Trinajstić information content (AvgIpc) is 3.44. The molecular weight excluding hydrogens is 1010 g/mol. The van der Waals surface area contributed by atoms with Gasteiger partial charge in [-0.15, -0.1) is 0 Å². The van der Waals surface area contributed by atoms with E-state index in [4.69, 9.17) is 28.4 Å². The number of hydrogen-bond donors (Lipinski definition) is 12. The third kappa shape index (κ3) is 26.3. The van der Waals surface area contributed by atoms with Gasteiger partial charge in [-0.05, 0) is 64.2 Å². The minimum atomic E-state index is -1.98. The molecule has 19 heteroatoms. The van der Waals surface area contributed by atoms with Crippen molar-refractivity contribution in [1.82, 2.24) is 5.32 Å². The second-order valence-corrected chi connectivity index (χ2v) is 21.4. The third-order valence-corrected chi connectivity index (χ3v) is 14.8. The van der Waals surface area contributed by atoms with Crippen molar-refractivity contribution in [2.45, 2.75) is 291 Å². The Morgan fingerprint density at radius 2 is 0.846 bits per heavy atom. The molecule has 0 aromatic heterocycles. The summed E-state index contributed by atoms with van der Waals surface area (Å²) < 4.78 is 34.1. The molecule has 19 nitrogen and oxygen atoms in total. The molecule has 0 aromatic carbocycles. The monoisotopic (exact) mass is 1120 g/mol. The Morgan fingerprint density at radius 1 is 0.449 bits per heavy atom. The minimum absolute atomic E-state index is 0.219. The number of rotatable bonds is 43. The first-order valence-corrected chi connectivity index (χ1v) is 29.9. The summed E-state index contributed by atoms with van der Waals surface area (Å²) in [6.07, 6.45) is 19.8. The van der Waals surface area contributed by atoms with Gasteiger partial charge >= 0.3 is 0 Å². The summed E-state index contributed by atoms with van der Waals surface area (Å²) in [6.45, 7) is 1.60. The normalized spacial score (nSPS) is 30.8. The molecule has 78 heavy (non-hydrogen) atoms. The summed E-state index contributed by atoms with van der Waals surface area (Å²) >= 11 is 0. The Kier molecular flexibility index (Phi) is 38.2. The summed E-state index contributed by atoms with van der Waals surface area (Å²) in [4.78, 5) is 13.2. The maximum atomic E-state index is 13.2. The van der Waals surface area contributed by atoms with Crippen LogP contribution in [-0.4, -0.2) is 193 Å². The lowest BCUT2D eigenvalue weighted by molar-refractivity contribution is -0.379. The summed E-state index contributed by atoms with van der Waals surface area (Å²) in [5.41, 5.74) is 0. The number of unbranched alkanes of at least 4 members (excludes halogenated alkanes) is 21. The van der Waals surface area contributed by atoms with Gasteiger partial charge in [-0.2, -0.15) is 0 Å². The first-order valence-electron chi connectivity index (χ1n) is 29.9. The van der Waals surface area contributed by atoms with Crippen molar-refractivity contribution < 1.29 is 89.4 Å². The molecule has 17 unspecified atom stereocenters. The maximum Gasteiger partial charge on any atom is 0.220 e. The van der Waals surface area contributed by atoms with E-state index in [0.717, 1.165) is 70.6 Å². The van der Waals surface area contributed by atoms with Gasteiger partial charge in [0, 0.05) is 6.42 Å². The summed E-state index contributed by atoms with van der Waals surface area (Å²) in [6, 6.07) is -0.999. The molecule has 3 heterocycles. The van der Waals surface area contributed by atoms with Crippen molar-refractivity contribution in [2.24, 2.45) is 0 Å². The number of ether oxygens (including phenoxy) is 6. The van der Waals surface area contributed by atoms with Gasteiger partial charge in [0.15, 0.2) is 18.9 Å². The zero-order chi connectivity index (χ0) is 56.9. The van der Waals surface area contributed by atoms with Gasteiger partial charge in [-0.1, -0.05) is 165 Å². The van der Waals surface area contributed by atoms with Gasteiger partial charge < -0.3 is 89.9 Å². The van der Waals surface area contributed by atoms with E-state index in [-0.39, 0.29) is 18.9 Å². The van der Waals surface area contributed by atoms with Crippen molar-refractivity contribution in [3.05, 3.63) is 48.6 Å². The zero-order valence-electron chi connectivity index (χ0n) is 47.1.